The highest BCUT2D eigenvalue weighted by Gasteiger charge is 2.39. The Balaban J connectivity index is 2.66. The lowest BCUT2D eigenvalue weighted by atomic mass is 10.2. The molecule has 0 unspecified atom stereocenters. The molecule has 0 aromatic rings. The molecule has 0 saturated carbocycles. The van der Waals surface area contributed by atoms with Crippen LogP contribution in [0.25, 0.3) is 0 Å². The molecule has 1 heterocycles. The van der Waals surface area contributed by atoms with Gasteiger partial charge in [0.05, 0.1) is 0 Å². The summed E-state index contributed by atoms with van der Waals surface area (Å²) in [5.74, 6) is -0.876. The Labute approximate surface area is 60.8 Å². The first-order valence-electron chi connectivity index (χ1n) is 2.76. The van der Waals surface area contributed by atoms with Crippen LogP contribution >= 0.6 is 0 Å². The van der Waals surface area contributed by atoms with E-state index in [2.05, 4.69) is 9.98 Å². The highest BCUT2D eigenvalue weighted by molar-refractivity contribution is 6.02. The van der Waals surface area contributed by atoms with Gasteiger partial charge in [-0.05, 0) is 0 Å². The molecule has 0 bridgehead atoms. The van der Waals surface area contributed by atoms with E-state index in [1.807, 2.05) is 0 Å². The molecule has 2 N–H and O–H groups in total. The summed E-state index contributed by atoms with van der Waals surface area (Å²) in [5.41, 5.74) is 5.06. The zero-order valence-electron chi connectivity index (χ0n) is 5.34. The molecule has 0 aromatic heterocycles. The van der Waals surface area contributed by atoms with Gasteiger partial charge >= 0.3 is 6.18 Å². The minimum Gasteiger partial charge on any atom is -0.291 e. The van der Waals surface area contributed by atoms with Gasteiger partial charge in [0.1, 0.15) is 0 Å². The molecular weight excluding hydrogens is 159 g/mol. The molecule has 0 saturated heterocycles. The third-order valence-electron chi connectivity index (χ3n) is 1.06. The molecule has 0 fully saturated rings. The van der Waals surface area contributed by atoms with Crippen molar-refractivity contribution >= 4 is 12.4 Å². The van der Waals surface area contributed by atoms with Crippen LogP contribution in [0.2, 0.25) is 0 Å². The largest absolute Gasteiger partial charge is 0.405 e. The van der Waals surface area contributed by atoms with E-state index in [0.29, 0.717) is 12.4 Å². The zero-order valence-corrected chi connectivity index (χ0v) is 5.34. The predicted octanol–water partition coefficient (Wildman–Crippen LogP) is 0.521. The summed E-state index contributed by atoms with van der Waals surface area (Å²) >= 11 is 0. The lowest BCUT2D eigenvalue weighted by Gasteiger charge is -2.14. The molecule has 0 aromatic carbocycles. The van der Waals surface area contributed by atoms with Crippen molar-refractivity contribution in [1.82, 2.24) is 0 Å². The standard InChI is InChI=1S/C5H5F3N3/c6-5(7,8)3-1-10-4(9)11-2-3/h1-2,4H,9H2. The van der Waals surface area contributed by atoms with Crippen LogP contribution < -0.4 is 5.73 Å². The smallest absolute Gasteiger partial charge is 0.291 e. The Morgan fingerprint density at radius 2 is 1.73 bits per heavy atom. The Morgan fingerprint density at radius 1 is 1.27 bits per heavy atom. The summed E-state index contributed by atoms with van der Waals surface area (Å²) < 4.78 is 35.4. The Kier molecular flexibility index (Phi) is 1.95. The van der Waals surface area contributed by atoms with Gasteiger partial charge in [-0.1, -0.05) is 0 Å². The average molecular weight is 164 g/mol. The van der Waals surface area contributed by atoms with Crippen molar-refractivity contribution in [3.63, 3.8) is 0 Å². The van der Waals surface area contributed by atoms with Crippen molar-refractivity contribution in [2.24, 2.45) is 15.7 Å². The summed E-state index contributed by atoms with van der Waals surface area (Å²) in [7, 11) is 0. The number of alkyl halides is 3. The quantitative estimate of drug-likeness (QED) is 0.557. The predicted molar refractivity (Wildman–Crippen MR) is 34.3 cm³/mol. The van der Waals surface area contributed by atoms with Crippen LogP contribution in [0.1, 0.15) is 0 Å². The van der Waals surface area contributed by atoms with Crippen molar-refractivity contribution in [2.45, 2.75) is 12.5 Å². The molecular formula is C5H5F3N3. The Bertz CT molecular complexity index is 182. The van der Waals surface area contributed by atoms with Crippen LogP contribution in [0.4, 0.5) is 13.2 Å². The second-order valence-electron chi connectivity index (χ2n) is 1.92. The van der Waals surface area contributed by atoms with E-state index in [1.54, 1.807) is 0 Å². The molecule has 1 aliphatic rings. The van der Waals surface area contributed by atoms with E-state index in [-0.39, 0.29) is 0 Å². The number of rotatable bonds is 0. The lowest BCUT2D eigenvalue weighted by molar-refractivity contribution is -0.0964. The van der Waals surface area contributed by atoms with E-state index in [4.69, 9.17) is 5.73 Å². The number of aliphatic imine (C=N–C) groups is 2. The monoisotopic (exact) mass is 164 g/mol. The summed E-state index contributed by atoms with van der Waals surface area (Å²) in [5, 5.41) is 0. The maximum Gasteiger partial charge on any atom is 0.405 e. The van der Waals surface area contributed by atoms with Gasteiger partial charge in [0, 0.05) is 12.4 Å². The van der Waals surface area contributed by atoms with Crippen LogP contribution in [0.15, 0.2) is 9.98 Å². The fourth-order valence-corrected chi connectivity index (χ4v) is 0.532. The van der Waals surface area contributed by atoms with Gasteiger partial charge in [-0.3, -0.25) is 15.7 Å². The minimum absolute atomic E-state index is 0.678. The fraction of sp³-hybridized carbons (Fsp3) is 0.400. The van der Waals surface area contributed by atoms with Gasteiger partial charge < -0.3 is 0 Å². The van der Waals surface area contributed by atoms with Crippen LogP contribution in [0.5, 0.6) is 0 Å². The van der Waals surface area contributed by atoms with Crippen molar-refractivity contribution in [3.05, 3.63) is 5.92 Å². The minimum atomic E-state index is -4.38. The summed E-state index contributed by atoms with van der Waals surface area (Å²) in [6.45, 7) is 0. The number of nitrogens with two attached hydrogens (primary N) is 1. The first-order valence-corrected chi connectivity index (χ1v) is 2.76. The van der Waals surface area contributed by atoms with Crippen LogP contribution in [-0.2, 0) is 0 Å². The van der Waals surface area contributed by atoms with E-state index in [9.17, 15) is 13.2 Å². The second kappa shape index (κ2) is 2.61. The molecule has 3 nitrogen and oxygen atoms in total. The molecule has 1 aliphatic heterocycles. The van der Waals surface area contributed by atoms with Crippen molar-refractivity contribution in [1.29, 1.82) is 0 Å². The Morgan fingerprint density at radius 3 is 2.09 bits per heavy atom. The first-order chi connectivity index (χ1) is 5.00. The molecule has 0 amide bonds. The number of hydrogen-bond acceptors (Lipinski definition) is 3. The van der Waals surface area contributed by atoms with Gasteiger partial charge in [0.2, 0.25) is 0 Å². The van der Waals surface area contributed by atoms with E-state index in [0.717, 1.165) is 0 Å². The van der Waals surface area contributed by atoms with Gasteiger partial charge in [-0.15, -0.1) is 0 Å². The van der Waals surface area contributed by atoms with Crippen LogP contribution in [0.3, 0.4) is 0 Å². The second-order valence-corrected chi connectivity index (χ2v) is 1.92. The molecule has 0 atom stereocenters. The number of nitrogens with zero attached hydrogens (tertiary/aromatic N) is 2. The number of halogens is 3. The maximum absolute atomic E-state index is 11.8. The first kappa shape index (κ1) is 8.19. The molecule has 11 heavy (non-hydrogen) atoms. The molecule has 6 heteroatoms. The van der Waals surface area contributed by atoms with E-state index in [1.165, 1.54) is 0 Å². The summed E-state index contributed by atoms with van der Waals surface area (Å²) in [6.07, 6.45) is -3.91. The highest BCUT2D eigenvalue weighted by atomic mass is 19.4. The van der Waals surface area contributed by atoms with Gasteiger partial charge in [-0.2, -0.15) is 13.2 Å². The molecule has 61 valence electrons. The van der Waals surface area contributed by atoms with Crippen molar-refractivity contribution < 1.29 is 13.2 Å². The fourth-order valence-electron chi connectivity index (χ4n) is 0.532. The van der Waals surface area contributed by atoms with Gasteiger partial charge in [0.25, 0.3) is 0 Å². The molecule has 1 rings (SSSR count). The average Bonchev–Trinajstić information content (AvgIpc) is 1.86. The molecule has 0 spiro atoms. The van der Waals surface area contributed by atoms with E-state index < -0.39 is 18.4 Å². The molecule has 1 radical (unpaired) electrons. The summed E-state index contributed by atoms with van der Waals surface area (Å²) in [6, 6.07) is 0. The van der Waals surface area contributed by atoms with E-state index >= 15 is 0 Å². The van der Waals surface area contributed by atoms with Crippen molar-refractivity contribution in [3.8, 4) is 0 Å². The topological polar surface area (TPSA) is 50.7 Å². The van der Waals surface area contributed by atoms with Crippen molar-refractivity contribution in [2.75, 3.05) is 0 Å². The van der Waals surface area contributed by atoms with Gasteiger partial charge in [0.15, 0.2) is 12.2 Å². The third kappa shape index (κ3) is 2.01. The van der Waals surface area contributed by atoms with Crippen LogP contribution in [-0.4, -0.2) is 24.9 Å². The maximum atomic E-state index is 11.8. The zero-order chi connectivity index (χ0) is 8.48. The summed E-state index contributed by atoms with van der Waals surface area (Å²) in [4.78, 5) is 6.55. The molecule has 0 aliphatic carbocycles. The SMILES string of the molecule is NC1N=C[C](C(F)(F)F)C=N1. The van der Waals surface area contributed by atoms with Crippen LogP contribution in [0, 0.1) is 5.92 Å². The number of hydrogen-bond donors (Lipinski definition) is 1. The highest BCUT2D eigenvalue weighted by Crippen LogP contribution is 2.26. The normalized spacial score (nSPS) is 21.1. The lowest BCUT2D eigenvalue weighted by Crippen LogP contribution is -2.29. The Hall–Kier alpha value is -0.910. The van der Waals surface area contributed by atoms with Gasteiger partial charge in [-0.25, -0.2) is 0 Å². The third-order valence-corrected chi connectivity index (χ3v) is 1.06.